The number of anilines is 1. The Bertz CT molecular complexity index is 386. The van der Waals surface area contributed by atoms with Gasteiger partial charge in [-0.3, -0.25) is 4.79 Å². The second-order valence-electron chi connectivity index (χ2n) is 4.39. The maximum atomic E-state index is 12.0. The lowest BCUT2D eigenvalue weighted by atomic mass is 9.98. The summed E-state index contributed by atoms with van der Waals surface area (Å²) in [5.41, 5.74) is 7.46. The van der Waals surface area contributed by atoms with Crippen LogP contribution in [0.1, 0.15) is 18.4 Å². The molecule has 92 valence electrons. The van der Waals surface area contributed by atoms with Crippen molar-refractivity contribution in [1.82, 2.24) is 5.32 Å². The van der Waals surface area contributed by atoms with Gasteiger partial charge in [-0.25, -0.2) is 0 Å². The summed E-state index contributed by atoms with van der Waals surface area (Å²) in [4.78, 5) is 12.0. The molecule has 4 N–H and O–H groups in total. The van der Waals surface area contributed by atoms with Crippen LogP contribution >= 0.6 is 0 Å². The van der Waals surface area contributed by atoms with Crippen LogP contribution in [0.15, 0.2) is 24.3 Å². The van der Waals surface area contributed by atoms with Gasteiger partial charge in [-0.2, -0.15) is 0 Å². The van der Waals surface area contributed by atoms with Gasteiger partial charge in [-0.1, -0.05) is 18.2 Å². The number of nitrogens with two attached hydrogens (primary N) is 1. The quantitative estimate of drug-likeness (QED) is 0.732. The Morgan fingerprint density at radius 1 is 1.47 bits per heavy atom. The molecule has 1 heterocycles. The molecule has 1 fully saturated rings. The summed E-state index contributed by atoms with van der Waals surface area (Å²) in [6.07, 6.45) is 2.03. The molecule has 1 amide bonds. The van der Waals surface area contributed by atoms with Gasteiger partial charge in [0.25, 0.3) is 0 Å². The van der Waals surface area contributed by atoms with Crippen LogP contribution in [-0.4, -0.2) is 19.0 Å². The third-order valence-corrected chi connectivity index (χ3v) is 3.16. The van der Waals surface area contributed by atoms with E-state index in [0.29, 0.717) is 6.54 Å². The van der Waals surface area contributed by atoms with E-state index in [2.05, 4.69) is 10.6 Å². The largest absolute Gasteiger partial charge is 0.326 e. The zero-order valence-electron chi connectivity index (χ0n) is 9.91. The summed E-state index contributed by atoms with van der Waals surface area (Å²) in [5.74, 6) is 0.174. The number of benzene rings is 1. The number of hydrogen-bond acceptors (Lipinski definition) is 3. The number of para-hydroxylation sites is 1. The number of carbonyl (C=O) groups is 1. The maximum Gasteiger partial charge on any atom is 0.228 e. The van der Waals surface area contributed by atoms with Crippen LogP contribution in [0.25, 0.3) is 0 Å². The van der Waals surface area contributed by atoms with Crippen molar-refractivity contribution in [2.75, 3.05) is 18.4 Å². The molecule has 1 unspecified atom stereocenters. The van der Waals surface area contributed by atoms with E-state index in [0.717, 1.165) is 37.2 Å². The van der Waals surface area contributed by atoms with Gasteiger partial charge in [0.15, 0.2) is 0 Å². The van der Waals surface area contributed by atoms with Gasteiger partial charge in [-0.15, -0.1) is 0 Å². The van der Waals surface area contributed by atoms with Crippen molar-refractivity contribution in [3.63, 3.8) is 0 Å². The van der Waals surface area contributed by atoms with E-state index in [9.17, 15) is 4.79 Å². The van der Waals surface area contributed by atoms with Crippen LogP contribution in [0.2, 0.25) is 0 Å². The molecule has 4 nitrogen and oxygen atoms in total. The van der Waals surface area contributed by atoms with Gasteiger partial charge in [0.1, 0.15) is 0 Å². The Morgan fingerprint density at radius 2 is 2.29 bits per heavy atom. The normalized spacial score (nSPS) is 19.9. The summed E-state index contributed by atoms with van der Waals surface area (Å²) in [7, 11) is 0. The highest BCUT2D eigenvalue weighted by molar-refractivity contribution is 5.93. The molecule has 2 rings (SSSR count). The lowest BCUT2D eigenvalue weighted by molar-refractivity contribution is -0.120. The van der Waals surface area contributed by atoms with Crippen LogP contribution in [-0.2, 0) is 11.3 Å². The molecular weight excluding hydrogens is 214 g/mol. The van der Waals surface area contributed by atoms with E-state index in [1.807, 2.05) is 24.3 Å². The highest BCUT2D eigenvalue weighted by atomic mass is 16.1. The molecule has 0 radical (unpaired) electrons. The summed E-state index contributed by atoms with van der Waals surface area (Å²) >= 11 is 0. The third kappa shape index (κ3) is 3.05. The number of hydrogen-bond donors (Lipinski definition) is 3. The van der Waals surface area contributed by atoms with Crippen molar-refractivity contribution in [3.05, 3.63) is 29.8 Å². The first-order chi connectivity index (χ1) is 8.31. The fraction of sp³-hybridized carbons (Fsp3) is 0.462. The van der Waals surface area contributed by atoms with E-state index < -0.39 is 0 Å². The first-order valence-electron chi connectivity index (χ1n) is 6.11. The van der Waals surface area contributed by atoms with Crippen LogP contribution < -0.4 is 16.4 Å². The maximum absolute atomic E-state index is 12.0. The number of carbonyl (C=O) groups excluding carboxylic acids is 1. The molecule has 4 heteroatoms. The predicted molar refractivity (Wildman–Crippen MR) is 68.6 cm³/mol. The lowest BCUT2D eigenvalue weighted by Crippen LogP contribution is -2.37. The molecule has 1 aliphatic rings. The Hall–Kier alpha value is -1.39. The third-order valence-electron chi connectivity index (χ3n) is 3.16. The van der Waals surface area contributed by atoms with E-state index in [1.54, 1.807) is 0 Å². The molecule has 0 aliphatic carbocycles. The van der Waals surface area contributed by atoms with Gasteiger partial charge in [0.2, 0.25) is 5.91 Å². The standard InChI is InChI=1S/C13H19N3O/c14-8-10-4-1-2-6-12(10)16-13(17)11-5-3-7-15-9-11/h1-2,4,6,11,15H,3,5,7-9,14H2,(H,16,17). The van der Waals surface area contributed by atoms with Gasteiger partial charge < -0.3 is 16.4 Å². The van der Waals surface area contributed by atoms with E-state index in [1.165, 1.54) is 0 Å². The molecule has 1 saturated heterocycles. The fourth-order valence-electron chi connectivity index (χ4n) is 2.13. The Kier molecular flexibility index (Phi) is 4.12. The van der Waals surface area contributed by atoms with Crippen LogP contribution in [0.5, 0.6) is 0 Å². The van der Waals surface area contributed by atoms with Gasteiger partial charge in [0, 0.05) is 18.8 Å². The Balaban J connectivity index is 2.01. The molecule has 1 aliphatic heterocycles. The van der Waals surface area contributed by atoms with E-state index in [4.69, 9.17) is 5.73 Å². The van der Waals surface area contributed by atoms with Crippen molar-refractivity contribution in [2.24, 2.45) is 11.7 Å². The smallest absolute Gasteiger partial charge is 0.228 e. The number of piperidine rings is 1. The highest BCUT2D eigenvalue weighted by Crippen LogP contribution is 2.17. The summed E-state index contributed by atoms with van der Waals surface area (Å²) in [5, 5.41) is 6.22. The molecule has 0 bridgehead atoms. The fourth-order valence-corrected chi connectivity index (χ4v) is 2.13. The minimum Gasteiger partial charge on any atom is -0.326 e. The average Bonchev–Trinajstić information content (AvgIpc) is 2.40. The van der Waals surface area contributed by atoms with Crippen molar-refractivity contribution in [2.45, 2.75) is 19.4 Å². The average molecular weight is 233 g/mol. The summed E-state index contributed by atoms with van der Waals surface area (Å²) in [6, 6.07) is 7.68. The molecule has 17 heavy (non-hydrogen) atoms. The number of nitrogens with one attached hydrogen (secondary N) is 2. The van der Waals surface area contributed by atoms with E-state index >= 15 is 0 Å². The van der Waals surface area contributed by atoms with Gasteiger partial charge in [0.05, 0.1) is 5.92 Å². The number of rotatable bonds is 3. The second-order valence-corrected chi connectivity index (χ2v) is 4.39. The molecule has 0 aromatic heterocycles. The molecular formula is C13H19N3O. The van der Waals surface area contributed by atoms with Crippen molar-refractivity contribution < 1.29 is 4.79 Å². The van der Waals surface area contributed by atoms with Crippen molar-refractivity contribution >= 4 is 11.6 Å². The van der Waals surface area contributed by atoms with Crippen LogP contribution in [0.3, 0.4) is 0 Å². The summed E-state index contributed by atoms with van der Waals surface area (Å²) < 4.78 is 0. The zero-order chi connectivity index (χ0) is 12.1. The molecule has 1 aromatic carbocycles. The van der Waals surface area contributed by atoms with Crippen LogP contribution in [0.4, 0.5) is 5.69 Å². The minimum atomic E-state index is 0.0783. The second kappa shape index (κ2) is 5.80. The topological polar surface area (TPSA) is 67.1 Å². The van der Waals surface area contributed by atoms with Crippen molar-refractivity contribution in [1.29, 1.82) is 0 Å². The Morgan fingerprint density at radius 3 is 3.00 bits per heavy atom. The summed E-state index contributed by atoms with van der Waals surface area (Å²) in [6.45, 7) is 2.24. The predicted octanol–water partition coefficient (Wildman–Crippen LogP) is 1.08. The SMILES string of the molecule is NCc1ccccc1NC(=O)C1CCCNC1. The van der Waals surface area contributed by atoms with Crippen molar-refractivity contribution in [3.8, 4) is 0 Å². The molecule has 1 aromatic rings. The van der Waals surface area contributed by atoms with Gasteiger partial charge in [-0.05, 0) is 31.0 Å². The molecule has 0 saturated carbocycles. The molecule has 1 atom stereocenters. The number of amides is 1. The lowest BCUT2D eigenvalue weighted by Gasteiger charge is -2.22. The zero-order valence-corrected chi connectivity index (χ0v) is 9.91. The minimum absolute atomic E-state index is 0.0783. The Labute approximate surface area is 102 Å². The monoisotopic (exact) mass is 233 g/mol. The van der Waals surface area contributed by atoms with Gasteiger partial charge >= 0.3 is 0 Å². The first-order valence-corrected chi connectivity index (χ1v) is 6.11. The highest BCUT2D eigenvalue weighted by Gasteiger charge is 2.21. The van der Waals surface area contributed by atoms with E-state index in [-0.39, 0.29) is 11.8 Å². The van der Waals surface area contributed by atoms with Crippen LogP contribution in [0, 0.1) is 5.92 Å². The first kappa shape index (κ1) is 12.1. The molecule has 0 spiro atoms.